The van der Waals surface area contributed by atoms with Crippen molar-refractivity contribution in [1.82, 2.24) is 10.2 Å². The van der Waals surface area contributed by atoms with Crippen LogP contribution in [0, 0.1) is 12.8 Å². The van der Waals surface area contributed by atoms with Gasteiger partial charge in [-0.05, 0) is 44.2 Å². The first-order valence-electron chi connectivity index (χ1n) is 9.85. The van der Waals surface area contributed by atoms with Crippen molar-refractivity contribution in [2.24, 2.45) is 5.92 Å². The molecule has 146 valence electrons. The van der Waals surface area contributed by atoms with Crippen LogP contribution >= 0.6 is 0 Å². The lowest BCUT2D eigenvalue weighted by atomic mass is 9.96. The molecule has 27 heavy (non-hydrogen) atoms. The van der Waals surface area contributed by atoms with E-state index in [1.54, 1.807) is 4.90 Å². The number of carbonyl (C=O) groups excluding carboxylic acids is 3. The fourth-order valence-electron chi connectivity index (χ4n) is 3.90. The van der Waals surface area contributed by atoms with E-state index in [0.717, 1.165) is 31.2 Å². The van der Waals surface area contributed by atoms with Gasteiger partial charge in [-0.25, -0.2) is 0 Å². The maximum absolute atomic E-state index is 12.6. The minimum Gasteiger partial charge on any atom is -0.455 e. The first kappa shape index (κ1) is 19.4. The number of piperidine rings is 1. The number of rotatable bonds is 5. The van der Waals surface area contributed by atoms with Crippen molar-refractivity contribution in [3.63, 3.8) is 0 Å². The van der Waals surface area contributed by atoms with E-state index in [2.05, 4.69) is 5.32 Å². The van der Waals surface area contributed by atoms with E-state index in [9.17, 15) is 14.4 Å². The molecule has 3 rings (SSSR count). The van der Waals surface area contributed by atoms with Gasteiger partial charge in [-0.1, -0.05) is 31.0 Å². The lowest BCUT2D eigenvalue weighted by molar-refractivity contribution is -0.154. The van der Waals surface area contributed by atoms with E-state index < -0.39 is 0 Å². The van der Waals surface area contributed by atoms with Crippen molar-refractivity contribution in [2.75, 3.05) is 19.7 Å². The highest BCUT2D eigenvalue weighted by Crippen LogP contribution is 2.21. The Labute approximate surface area is 160 Å². The zero-order valence-electron chi connectivity index (χ0n) is 15.9. The van der Waals surface area contributed by atoms with Gasteiger partial charge >= 0.3 is 5.97 Å². The summed E-state index contributed by atoms with van der Waals surface area (Å²) in [6, 6.07) is 7.76. The molecule has 0 radical (unpaired) electrons. The third-order valence-corrected chi connectivity index (χ3v) is 5.56. The molecule has 6 nitrogen and oxygen atoms in total. The normalized spacial score (nSPS) is 18.3. The first-order valence-corrected chi connectivity index (χ1v) is 9.85. The number of aryl methyl sites for hydroxylation is 1. The Morgan fingerprint density at radius 1 is 1.07 bits per heavy atom. The van der Waals surface area contributed by atoms with E-state index in [1.807, 2.05) is 31.2 Å². The third-order valence-electron chi connectivity index (χ3n) is 5.56. The number of nitrogens with one attached hydrogen (secondary N) is 1. The molecule has 2 amide bonds. The molecule has 1 saturated heterocycles. The maximum atomic E-state index is 12.6. The summed E-state index contributed by atoms with van der Waals surface area (Å²) in [5.41, 5.74) is 1.67. The van der Waals surface area contributed by atoms with Crippen molar-refractivity contribution < 1.29 is 19.1 Å². The van der Waals surface area contributed by atoms with Crippen LogP contribution in [0.4, 0.5) is 0 Å². The zero-order valence-corrected chi connectivity index (χ0v) is 15.9. The molecule has 1 heterocycles. The van der Waals surface area contributed by atoms with Gasteiger partial charge in [0.1, 0.15) is 0 Å². The molecule has 0 aromatic heterocycles. The summed E-state index contributed by atoms with van der Waals surface area (Å²) in [6.45, 7) is 2.77. The van der Waals surface area contributed by atoms with Gasteiger partial charge in [0.2, 0.25) is 0 Å². The average molecular weight is 372 g/mol. The molecule has 6 heteroatoms. The van der Waals surface area contributed by atoms with Crippen LogP contribution in [0.25, 0.3) is 0 Å². The predicted octanol–water partition coefficient (Wildman–Crippen LogP) is 2.45. The van der Waals surface area contributed by atoms with Gasteiger partial charge in [0, 0.05) is 24.7 Å². The molecule has 2 aliphatic rings. The molecule has 1 aromatic carbocycles. The Morgan fingerprint density at radius 2 is 1.74 bits per heavy atom. The molecule has 1 saturated carbocycles. The number of hydrogen-bond donors (Lipinski definition) is 1. The van der Waals surface area contributed by atoms with Crippen LogP contribution in [0.1, 0.15) is 54.4 Å². The predicted molar refractivity (Wildman–Crippen MR) is 101 cm³/mol. The molecule has 0 atom stereocenters. The average Bonchev–Trinajstić information content (AvgIpc) is 3.19. The van der Waals surface area contributed by atoms with Crippen molar-refractivity contribution >= 4 is 17.8 Å². The summed E-state index contributed by atoms with van der Waals surface area (Å²) in [4.78, 5) is 38.5. The number of likely N-dealkylation sites (tertiary alicyclic amines) is 1. The fraction of sp³-hybridized carbons (Fsp3) is 0.571. The summed E-state index contributed by atoms with van der Waals surface area (Å²) in [5, 5.41) is 2.91. The van der Waals surface area contributed by atoms with E-state index >= 15 is 0 Å². The van der Waals surface area contributed by atoms with Crippen molar-refractivity contribution in [2.45, 2.75) is 51.5 Å². The van der Waals surface area contributed by atoms with E-state index in [1.165, 1.54) is 0 Å². The lowest BCUT2D eigenvalue weighted by Gasteiger charge is -2.31. The van der Waals surface area contributed by atoms with Crippen molar-refractivity contribution in [3.8, 4) is 0 Å². The van der Waals surface area contributed by atoms with E-state index in [-0.39, 0.29) is 36.4 Å². The summed E-state index contributed by atoms with van der Waals surface area (Å²) < 4.78 is 5.20. The number of nitrogens with zero attached hydrogens (tertiary/aromatic N) is 1. The van der Waals surface area contributed by atoms with Gasteiger partial charge in [0.25, 0.3) is 11.8 Å². The zero-order chi connectivity index (χ0) is 19.2. The highest BCUT2D eigenvalue weighted by molar-refractivity contribution is 5.95. The summed E-state index contributed by atoms with van der Waals surface area (Å²) >= 11 is 0. The van der Waals surface area contributed by atoms with Gasteiger partial charge < -0.3 is 15.0 Å². The quantitative estimate of drug-likeness (QED) is 0.806. The molecular weight excluding hydrogens is 344 g/mol. The van der Waals surface area contributed by atoms with Crippen LogP contribution in [-0.4, -0.2) is 48.4 Å². The van der Waals surface area contributed by atoms with Crippen LogP contribution in [0.5, 0.6) is 0 Å². The van der Waals surface area contributed by atoms with Crippen LogP contribution in [-0.2, 0) is 14.3 Å². The highest BCUT2D eigenvalue weighted by atomic mass is 16.5. The minimum absolute atomic E-state index is 0.0101. The van der Waals surface area contributed by atoms with Gasteiger partial charge in [-0.15, -0.1) is 0 Å². The van der Waals surface area contributed by atoms with Crippen LogP contribution in [0.15, 0.2) is 24.3 Å². The first-order chi connectivity index (χ1) is 13.0. The van der Waals surface area contributed by atoms with E-state index in [4.69, 9.17) is 4.74 Å². The monoisotopic (exact) mass is 372 g/mol. The minimum atomic E-state index is -0.334. The van der Waals surface area contributed by atoms with Gasteiger partial charge in [-0.3, -0.25) is 14.4 Å². The number of hydrogen-bond acceptors (Lipinski definition) is 4. The molecule has 1 aliphatic carbocycles. The largest absolute Gasteiger partial charge is 0.455 e. The summed E-state index contributed by atoms with van der Waals surface area (Å²) in [5.74, 6) is -0.789. The Hall–Kier alpha value is -2.37. The number of benzene rings is 1. The third kappa shape index (κ3) is 5.08. The Morgan fingerprint density at radius 3 is 2.41 bits per heavy atom. The van der Waals surface area contributed by atoms with Crippen molar-refractivity contribution in [3.05, 3.63) is 35.4 Å². The van der Waals surface area contributed by atoms with E-state index in [0.29, 0.717) is 31.5 Å². The number of esters is 1. The summed E-state index contributed by atoms with van der Waals surface area (Å²) in [7, 11) is 0. The Balaban J connectivity index is 1.41. The van der Waals surface area contributed by atoms with Crippen molar-refractivity contribution in [1.29, 1.82) is 0 Å². The molecule has 1 aliphatic heterocycles. The van der Waals surface area contributed by atoms with Crippen LogP contribution in [0.3, 0.4) is 0 Å². The summed E-state index contributed by atoms with van der Waals surface area (Å²) in [6.07, 6.45) is 5.44. The molecule has 1 aromatic rings. The topological polar surface area (TPSA) is 75.7 Å². The fourth-order valence-corrected chi connectivity index (χ4v) is 3.90. The second-order valence-electron chi connectivity index (χ2n) is 7.54. The highest BCUT2D eigenvalue weighted by Gasteiger charge is 2.29. The Bertz CT molecular complexity index is 689. The number of ether oxygens (including phenoxy) is 1. The van der Waals surface area contributed by atoms with Gasteiger partial charge in [-0.2, -0.15) is 0 Å². The maximum Gasteiger partial charge on any atom is 0.309 e. The molecule has 1 N–H and O–H groups in total. The van der Waals surface area contributed by atoms with Gasteiger partial charge in [0.15, 0.2) is 6.61 Å². The molecule has 0 bridgehead atoms. The second kappa shape index (κ2) is 9.02. The molecular formula is C21H28N2O4. The second-order valence-corrected chi connectivity index (χ2v) is 7.54. The standard InChI is InChI=1S/C21H28N2O4/c1-15-6-2-5-9-18(15)20(25)23-12-10-16(11-13-23)21(26)27-14-19(24)22-17-7-3-4-8-17/h2,5-6,9,16-17H,3-4,7-8,10-14H2,1H3,(H,22,24). The molecule has 0 spiro atoms. The molecule has 2 fully saturated rings. The number of carbonyl (C=O) groups is 3. The lowest BCUT2D eigenvalue weighted by Crippen LogP contribution is -2.41. The number of amides is 2. The van der Waals surface area contributed by atoms with Crippen LogP contribution < -0.4 is 5.32 Å². The van der Waals surface area contributed by atoms with Gasteiger partial charge in [0.05, 0.1) is 5.92 Å². The SMILES string of the molecule is Cc1ccccc1C(=O)N1CCC(C(=O)OCC(=O)NC2CCCC2)CC1. The Kier molecular flexibility index (Phi) is 6.48. The smallest absolute Gasteiger partial charge is 0.309 e. The van der Waals surface area contributed by atoms with Crippen LogP contribution in [0.2, 0.25) is 0 Å². The molecule has 0 unspecified atom stereocenters.